The highest BCUT2D eigenvalue weighted by molar-refractivity contribution is 5.71. The Morgan fingerprint density at radius 2 is 2.06 bits per heavy atom. The fourth-order valence-corrected chi connectivity index (χ4v) is 1.81. The summed E-state index contributed by atoms with van der Waals surface area (Å²) in [6, 6.07) is 0.0398. The Labute approximate surface area is 92.2 Å². The molecule has 0 aromatic carbocycles. The maximum absolute atomic E-state index is 11.9. The van der Waals surface area contributed by atoms with Crippen molar-refractivity contribution in [3.05, 3.63) is 0 Å². The van der Waals surface area contributed by atoms with Crippen molar-refractivity contribution in [3.8, 4) is 0 Å². The summed E-state index contributed by atoms with van der Waals surface area (Å²) in [6.45, 7) is 2.76. The molecule has 16 heavy (non-hydrogen) atoms. The molecule has 0 radical (unpaired) electrons. The molecular weight excluding hydrogens is 223 g/mol. The Morgan fingerprint density at radius 3 is 2.50 bits per heavy atom. The molecule has 1 rings (SSSR count). The highest BCUT2D eigenvalue weighted by atomic mass is 19.4. The molecule has 0 saturated carbocycles. The topological polar surface area (TPSA) is 40.5 Å². The van der Waals surface area contributed by atoms with E-state index in [2.05, 4.69) is 0 Å². The molecule has 94 valence electrons. The predicted molar refractivity (Wildman–Crippen MR) is 52.1 cm³/mol. The Hall–Kier alpha value is -0.780. The largest absolute Gasteiger partial charge is 0.481 e. The summed E-state index contributed by atoms with van der Waals surface area (Å²) < 4.78 is 35.6. The first kappa shape index (κ1) is 13.3. The van der Waals surface area contributed by atoms with Gasteiger partial charge in [-0.1, -0.05) is 0 Å². The summed E-state index contributed by atoms with van der Waals surface area (Å²) in [6.07, 6.45) is -4.27. The SMILES string of the molecule is CC(CCCC(F)(F)F)N1CC(C(=O)O)C1. The van der Waals surface area contributed by atoms with Gasteiger partial charge in [0, 0.05) is 25.6 Å². The summed E-state index contributed by atoms with van der Waals surface area (Å²) in [4.78, 5) is 12.4. The number of hydrogen-bond acceptors (Lipinski definition) is 2. The van der Waals surface area contributed by atoms with Crippen molar-refractivity contribution in [1.29, 1.82) is 0 Å². The third kappa shape index (κ3) is 4.00. The number of halogens is 3. The van der Waals surface area contributed by atoms with Gasteiger partial charge in [-0.3, -0.25) is 9.69 Å². The van der Waals surface area contributed by atoms with Gasteiger partial charge in [-0.05, 0) is 19.8 Å². The summed E-state index contributed by atoms with van der Waals surface area (Å²) in [5.41, 5.74) is 0. The lowest BCUT2D eigenvalue weighted by Gasteiger charge is -2.41. The van der Waals surface area contributed by atoms with Gasteiger partial charge in [0.15, 0.2) is 0 Å². The first-order valence-corrected chi connectivity index (χ1v) is 5.33. The Kier molecular flexibility index (Phi) is 4.18. The van der Waals surface area contributed by atoms with Crippen LogP contribution >= 0.6 is 0 Å². The molecule has 0 aromatic rings. The molecule has 0 spiro atoms. The van der Waals surface area contributed by atoms with Crippen molar-refractivity contribution < 1.29 is 23.1 Å². The number of aliphatic carboxylic acids is 1. The number of carboxylic acids is 1. The van der Waals surface area contributed by atoms with E-state index in [1.807, 2.05) is 11.8 Å². The van der Waals surface area contributed by atoms with Gasteiger partial charge in [-0.2, -0.15) is 13.2 Å². The van der Waals surface area contributed by atoms with Crippen molar-refractivity contribution in [2.24, 2.45) is 5.92 Å². The van der Waals surface area contributed by atoms with E-state index in [1.165, 1.54) is 0 Å². The van der Waals surface area contributed by atoms with Gasteiger partial charge < -0.3 is 5.11 Å². The van der Waals surface area contributed by atoms with Crippen molar-refractivity contribution in [1.82, 2.24) is 4.90 Å². The third-order valence-electron chi connectivity index (χ3n) is 2.96. The molecule has 1 N–H and O–H groups in total. The van der Waals surface area contributed by atoms with Crippen LogP contribution in [-0.2, 0) is 4.79 Å². The van der Waals surface area contributed by atoms with E-state index in [1.54, 1.807) is 0 Å². The first-order chi connectivity index (χ1) is 7.29. The lowest BCUT2D eigenvalue weighted by atomic mass is 9.96. The molecule has 1 fully saturated rings. The minimum absolute atomic E-state index is 0.0398. The second kappa shape index (κ2) is 5.03. The maximum atomic E-state index is 11.9. The molecule has 1 aliphatic rings. The van der Waals surface area contributed by atoms with E-state index >= 15 is 0 Å². The third-order valence-corrected chi connectivity index (χ3v) is 2.96. The zero-order chi connectivity index (χ0) is 12.3. The van der Waals surface area contributed by atoms with Crippen molar-refractivity contribution in [2.75, 3.05) is 13.1 Å². The summed E-state index contributed by atoms with van der Waals surface area (Å²) >= 11 is 0. The van der Waals surface area contributed by atoms with Crippen LogP contribution in [0.1, 0.15) is 26.2 Å². The molecule has 1 atom stereocenters. The second-order valence-corrected chi connectivity index (χ2v) is 4.35. The quantitative estimate of drug-likeness (QED) is 0.799. The number of likely N-dealkylation sites (tertiary alicyclic amines) is 1. The van der Waals surface area contributed by atoms with Gasteiger partial charge in [0.1, 0.15) is 0 Å². The van der Waals surface area contributed by atoms with Crippen LogP contribution in [-0.4, -0.2) is 41.3 Å². The molecule has 0 aliphatic carbocycles. The van der Waals surface area contributed by atoms with Crippen LogP contribution < -0.4 is 0 Å². The molecular formula is C10H16F3NO2. The molecule has 1 heterocycles. The summed E-state index contributed by atoms with van der Waals surface area (Å²) in [5, 5.41) is 8.64. The van der Waals surface area contributed by atoms with Crippen molar-refractivity contribution in [2.45, 2.75) is 38.4 Å². The van der Waals surface area contributed by atoms with E-state index in [0.717, 1.165) is 0 Å². The van der Waals surface area contributed by atoms with Crippen LogP contribution in [0.25, 0.3) is 0 Å². The highest BCUT2D eigenvalue weighted by Crippen LogP contribution is 2.25. The fourth-order valence-electron chi connectivity index (χ4n) is 1.81. The predicted octanol–water partition coefficient (Wildman–Crippen LogP) is 2.12. The number of nitrogens with zero attached hydrogens (tertiary/aromatic N) is 1. The monoisotopic (exact) mass is 239 g/mol. The molecule has 1 aliphatic heterocycles. The van der Waals surface area contributed by atoms with Gasteiger partial charge >= 0.3 is 12.1 Å². The Balaban J connectivity index is 2.13. The van der Waals surface area contributed by atoms with Gasteiger partial charge in [0.05, 0.1) is 5.92 Å². The van der Waals surface area contributed by atoms with E-state index < -0.39 is 18.6 Å². The smallest absolute Gasteiger partial charge is 0.389 e. The average molecular weight is 239 g/mol. The lowest BCUT2D eigenvalue weighted by molar-refractivity contribution is -0.148. The van der Waals surface area contributed by atoms with Crippen LogP contribution in [0, 0.1) is 5.92 Å². The molecule has 0 bridgehead atoms. The van der Waals surface area contributed by atoms with Gasteiger partial charge in [-0.15, -0.1) is 0 Å². The van der Waals surface area contributed by atoms with Gasteiger partial charge in [0.2, 0.25) is 0 Å². The van der Waals surface area contributed by atoms with Crippen molar-refractivity contribution in [3.63, 3.8) is 0 Å². The molecule has 3 nitrogen and oxygen atoms in total. The van der Waals surface area contributed by atoms with Gasteiger partial charge in [0.25, 0.3) is 0 Å². The number of alkyl halides is 3. The van der Waals surface area contributed by atoms with E-state index in [-0.39, 0.29) is 18.4 Å². The summed E-state index contributed by atoms with van der Waals surface area (Å²) in [5.74, 6) is -1.16. The van der Waals surface area contributed by atoms with Crippen LogP contribution in [0.15, 0.2) is 0 Å². The second-order valence-electron chi connectivity index (χ2n) is 4.35. The van der Waals surface area contributed by atoms with Crippen LogP contribution in [0.4, 0.5) is 13.2 Å². The fraction of sp³-hybridized carbons (Fsp3) is 0.900. The lowest BCUT2D eigenvalue weighted by Crippen LogP contribution is -2.53. The van der Waals surface area contributed by atoms with Gasteiger partial charge in [-0.25, -0.2) is 0 Å². The molecule has 0 aromatic heterocycles. The molecule has 6 heteroatoms. The standard InChI is InChI=1S/C10H16F3NO2/c1-7(3-2-4-10(11,12)13)14-5-8(6-14)9(15)16/h7-8H,2-6H2,1H3,(H,15,16). The zero-order valence-electron chi connectivity index (χ0n) is 9.13. The van der Waals surface area contributed by atoms with E-state index in [0.29, 0.717) is 19.5 Å². The number of carbonyl (C=O) groups is 1. The molecule has 1 saturated heterocycles. The average Bonchev–Trinajstić information content (AvgIpc) is 1.97. The number of carboxylic acid groups (broad SMARTS) is 1. The Bertz CT molecular complexity index is 249. The highest BCUT2D eigenvalue weighted by Gasteiger charge is 2.35. The zero-order valence-corrected chi connectivity index (χ0v) is 9.13. The van der Waals surface area contributed by atoms with Crippen molar-refractivity contribution >= 4 is 5.97 Å². The maximum Gasteiger partial charge on any atom is 0.389 e. The van der Waals surface area contributed by atoms with Crippen LogP contribution in [0.3, 0.4) is 0 Å². The molecule has 1 unspecified atom stereocenters. The first-order valence-electron chi connectivity index (χ1n) is 5.33. The number of rotatable bonds is 5. The molecule has 0 amide bonds. The van der Waals surface area contributed by atoms with E-state index in [9.17, 15) is 18.0 Å². The normalized spacial score (nSPS) is 20.5. The van der Waals surface area contributed by atoms with Crippen LogP contribution in [0.5, 0.6) is 0 Å². The summed E-state index contributed by atoms with van der Waals surface area (Å²) in [7, 11) is 0. The minimum Gasteiger partial charge on any atom is -0.481 e. The Morgan fingerprint density at radius 1 is 1.50 bits per heavy atom. The van der Waals surface area contributed by atoms with E-state index in [4.69, 9.17) is 5.11 Å². The van der Waals surface area contributed by atoms with Crippen LogP contribution in [0.2, 0.25) is 0 Å². The minimum atomic E-state index is -4.09. The number of hydrogen-bond donors (Lipinski definition) is 1.